The molecule has 2 heterocycles. The Hall–Kier alpha value is -3.08. The molecule has 37 heavy (non-hydrogen) atoms. The van der Waals surface area contributed by atoms with Crippen molar-refractivity contribution in [1.82, 2.24) is 10.3 Å². The summed E-state index contributed by atoms with van der Waals surface area (Å²) in [5.74, 6) is 2.01. The lowest BCUT2D eigenvalue weighted by Crippen LogP contribution is -2.25. The molecule has 7 heteroatoms. The number of benzene rings is 3. The molecule has 3 aromatic carbocycles. The number of nitrogens with one attached hydrogen (secondary N) is 3. The molecule has 5 rings (SSSR count). The molecule has 0 radical (unpaired) electrons. The summed E-state index contributed by atoms with van der Waals surface area (Å²) < 4.78 is 11.8. The number of rotatable bonds is 9. The van der Waals surface area contributed by atoms with Crippen molar-refractivity contribution in [3.8, 4) is 16.9 Å². The van der Waals surface area contributed by atoms with Crippen molar-refractivity contribution < 1.29 is 9.47 Å². The molecule has 0 bridgehead atoms. The highest BCUT2D eigenvalue weighted by Gasteiger charge is 2.17. The summed E-state index contributed by atoms with van der Waals surface area (Å²) in [4.78, 5) is 0. The Kier molecular flexibility index (Phi) is 8.28. The van der Waals surface area contributed by atoms with Crippen LogP contribution in [0.15, 0.2) is 59.7 Å². The second kappa shape index (κ2) is 12.0. The standard InChI is InChI=1S/C30H37N4O2P/c1-20-17-27(36-26-13-15-35-16-14-26)18-21(2)30(20)28-6-4-5-24(22(28)3)19-31-25-10-7-23(8-11-25)9-12-29-32-34-37-33-29/h4-8,10-11,17-18,26,31,34,37H,9,12-16,19H2,1-3H3,(H,32,33). The van der Waals surface area contributed by atoms with E-state index < -0.39 is 0 Å². The van der Waals surface area contributed by atoms with Gasteiger partial charge in [0, 0.05) is 31.5 Å². The van der Waals surface area contributed by atoms with E-state index in [1.165, 1.54) is 38.9 Å². The predicted molar refractivity (Wildman–Crippen MR) is 155 cm³/mol. The molecule has 1 unspecified atom stereocenters. The number of hydrogen-bond acceptors (Lipinski definition) is 6. The van der Waals surface area contributed by atoms with Gasteiger partial charge in [0.05, 0.1) is 22.1 Å². The van der Waals surface area contributed by atoms with E-state index in [0.717, 1.165) is 62.7 Å². The molecule has 2 aliphatic rings. The van der Waals surface area contributed by atoms with Gasteiger partial charge in [0.25, 0.3) is 0 Å². The van der Waals surface area contributed by atoms with Crippen molar-refractivity contribution in [2.24, 2.45) is 5.10 Å². The molecule has 3 aromatic rings. The quantitative estimate of drug-likeness (QED) is 0.287. The third kappa shape index (κ3) is 6.44. The molecule has 0 saturated carbocycles. The zero-order chi connectivity index (χ0) is 25.6. The van der Waals surface area contributed by atoms with Gasteiger partial charge in [-0.05, 0) is 90.4 Å². The SMILES string of the molecule is Cc1cc(OC2CCOCC2)cc(C)c1-c1cccc(CNc2ccc(CCC3=NNPN3)cc2)c1C. The normalized spacial score (nSPS) is 16.2. The van der Waals surface area contributed by atoms with Crippen molar-refractivity contribution in [3.05, 3.63) is 82.4 Å². The van der Waals surface area contributed by atoms with Crippen LogP contribution in [-0.2, 0) is 17.7 Å². The van der Waals surface area contributed by atoms with Crippen LogP contribution in [0.5, 0.6) is 5.75 Å². The van der Waals surface area contributed by atoms with Gasteiger partial charge in [0.15, 0.2) is 0 Å². The first-order chi connectivity index (χ1) is 18.1. The van der Waals surface area contributed by atoms with Gasteiger partial charge in [-0.1, -0.05) is 30.3 Å². The van der Waals surface area contributed by atoms with Gasteiger partial charge in [-0.25, -0.2) is 0 Å². The summed E-state index contributed by atoms with van der Waals surface area (Å²) >= 11 is 0. The Balaban J connectivity index is 1.25. The van der Waals surface area contributed by atoms with Gasteiger partial charge in [-0.3, -0.25) is 5.20 Å². The summed E-state index contributed by atoms with van der Waals surface area (Å²) in [7, 11) is 0.504. The van der Waals surface area contributed by atoms with Gasteiger partial charge in [-0.15, -0.1) is 0 Å². The topological polar surface area (TPSA) is 66.9 Å². The van der Waals surface area contributed by atoms with Gasteiger partial charge >= 0.3 is 0 Å². The summed E-state index contributed by atoms with van der Waals surface area (Å²) in [6, 6.07) is 19.8. The maximum absolute atomic E-state index is 6.30. The number of nitrogens with zero attached hydrogens (tertiary/aromatic N) is 1. The molecule has 1 fully saturated rings. The Morgan fingerprint density at radius 2 is 1.76 bits per heavy atom. The Morgan fingerprint density at radius 3 is 2.46 bits per heavy atom. The smallest absolute Gasteiger partial charge is 0.127 e. The first-order valence-corrected chi connectivity index (χ1v) is 14.2. The van der Waals surface area contributed by atoms with E-state index in [2.05, 4.69) is 96.1 Å². The number of amidine groups is 1. The first kappa shape index (κ1) is 25.6. The minimum Gasteiger partial charge on any atom is -0.490 e. The molecule has 2 aliphatic heterocycles. The third-order valence-electron chi connectivity index (χ3n) is 7.23. The molecule has 0 aliphatic carbocycles. The van der Waals surface area contributed by atoms with Crippen molar-refractivity contribution >= 4 is 20.4 Å². The zero-order valence-corrected chi connectivity index (χ0v) is 23.0. The second-order valence-electron chi connectivity index (χ2n) is 9.92. The first-order valence-electron chi connectivity index (χ1n) is 13.2. The Labute approximate surface area is 222 Å². The van der Waals surface area contributed by atoms with Crippen LogP contribution in [0.4, 0.5) is 5.69 Å². The lowest BCUT2D eigenvalue weighted by molar-refractivity contribution is 0.0255. The largest absolute Gasteiger partial charge is 0.490 e. The lowest BCUT2D eigenvalue weighted by Gasteiger charge is -2.24. The van der Waals surface area contributed by atoms with E-state index >= 15 is 0 Å². The van der Waals surface area contributed by atoms with Crippen molar-refractivity contribution in [2.45, 2.75) is 59.1 Å². The van der Waals surface area contributed by atoms with E-state index in [9.17, 15) is 0 Å². The van der Waals surface area contributed by atoms with E-state index in [0.29, 0.717) is 8.88 Å². The monoisotopic (exact) mass is 516 g/mol. The average molecular weight is 517 g/mol. The van der Waals surface area contributed by atoms with Crippen LogP contribution in [0.25, 0.3) is 11.1 Å². The van der Waals surface area contributed by atoms with Crippen LogP contribution < -0.4 is 20.3 Å². The van der Waals surface area contributed by atoms with Crippen LogP contribution in [0.2, 0.25) is 0 Å². The van der Waals surface area contributed by atoms with Gasteiger partial charge in [0.2, 0.25) is 0 Å². The maximum atomic E-state index is 6.30. The van der Waals surface area contributed by atoms with Crippen LogP contribution in [-0.4, -0.2) is 25.2 Å². The number of anilines is 1. The fraction of sp³-hybridized carbons (Fsp3) is 0.367. The number of hydrogen-bond donors (Lipinski definition) is 3. The molecule has 0 amide bonds. The third-order valence-corrected chi connectivity index (χ3v) is 7.87. The maximum Gasteiger partial charge on any atom is 0.127 e. The van der Waals surface area contributed by atoms with E-state index in [1.54, 1.807) is 0 Å². The van der Waals surface area contributed by atoms with Crippen LogP contribution in [0.1, 0.15) is 47.1 Å². The fourth-order valence-electron chi connectivity index (χ4n) is 5.14. The average Bonchev–Trinajstić information content (AvgIpc) is 3.42. The van der Waals surface area contributed by atoms with E-state index in [1.807, 2.05) is 0 Å². The molecule has 3 N–H and O–H groups in total. The Bertz CT molecular complexity index is 1230. The van der Waals surface area contributed by atoms with Crippen LogP contribution >= 0.6 is 8.88 Å². The number of aryl methyl sites for hydroxylation is 3. The summed E-state index contributed by atoms with van der Waals surface area (Å²) in [5, 5.41) is 14.1. The van der Waals surface area contributed by atoms with Gasteiger partial charge < -0.3 is 19.9 Å². The highest BCUT2D eigenvalue weighted by atomic mass is 31.1. The summed E-state index contributed by atoms with van der Waals surface area (Å²) in [6.45, 7) is 8.98. The summed E-state index contributed by atoms with van der Waals surface area (Å²) in [5.41, 5.74) is 10.2. The fourth-order valence-corrected chi connectivity index (χ4v) is 5.71. The minimum absolute atomic E-state index is 0.250. The Morgan fingerprint density at radius 1 is 1.00 bits per heavy atom. The van der Waals surface area contributed by atoms with Crippen molar-refractivity contribution in [2.75, 3.05) is 18.5 Å². The molecule has 0 aromatic heterocycles. The zero-order valence-electron chi connectivity index (χ0n) is 22.0. The van der Waals surface area contributed by atoms with E-state index in [-0.39, 0.29) is 6.10 Å². The molecular weight excluding hydrogens is 479 g/mol. The van der Waals surface area contributed by atoms with Crippen molar-refractivity contribution in [3.63, 3.8) is 0 Å². The molecule has 0 spiro atoms. The molecule has 1 atom stereocenters. The molecule has 6 nitrogen and oxygen atoms in total. The number of ether oxygens (including phenoxy) is 2. The van der Waals surface area contributed by atoms with Gasteiger partial charge in [0.1, 0.15) is 17.7 Å². The highest BCUT2D eigenvalue weighted by Crippen LogP contribution is 2.35. The molecular formula is C30H37N4O2P. The van der Waals surface area contributed by atoms with Crippen LogP contribution in [0, 0.1) is 20.8 Å². The van der Waals surface area contributed by atoms with Crippen molar-refractivity contribution in [1.29, 1.82) is 0 Å². The van der Waals surface area contributed by atoms with E-state index in [4.69, 9.17) is 9.47 Å². The molecule has 194 valence electrons. The van der Waals surface area contributed by atoms with Crippen LogP contribution in [0.3, 0.4) is 0 Å². The van der Waals surface area contributed by atoms with Gasteiger partial charge in [-0.2, -0.15) is 5.10 Å². The number of hydrazone groups is 1. The minimum atomic E-state index is 0.250. The highest BCUT2D eigenvalue weighted by molar-refractivity contribution is 7.34. The predicted octanol–water partition coefficient (Wildman–Crippen LogP) is 6.40. The molecule has 1 saturated heterocycles. The summed E-state index contributed by atoms with van der Waals surface area (Å²) in [6.07, 6.45) is 4.08. The second-order valence-corrected chi connectivity index (χ2v) is 10.6. The lowest BCUT2D eigenvalue weighted by atomic mass is 9.90.